The smallest absolute Gasteiger partial charge is 0.264 e. The van der Waals surface area contributed by atoms with Crippen molar-refractivity contribution >= 4 is 35.2 Å². The first kappa shape index (κ1) is 19.3. The predicted molar refractivity (Wildman–Crippen MR) is 105 cm³/mol. The van der Waals surface area contributed by atoms with Crippen molar-refractivity contribution in [2.24, 2.45) is 5.73 Å². The minimum absolute atomic E-state index is 0.0657. The molecule has 2 aromatic rings. The summed E-state index contributed by atoms with van der Waals surface area (Å²) in [4.78, 5) is 61.5. The van der Waals surface area contributed by atoms with Crippen molar-refractivity contribution in [3.8, 4) is 0 Å². The quantitative estimate of drug-likeness (QED) is 0.628. The van der Waals surface area contributed by atoms with E-state index >= 15 is 0 Å². The van der Waals surface area contributed by atoms with Gasteiger partial charge in [-0.1, -0.05) is 18.2 Å². The van der Waals surface area contributed by atoms with Crippen LogP contribution >= 0.6 is 0 Å². The zero-order chi connectivity index (χ0) is 21.4. The number of nitrogens with one attached hydrogen (secondary N) is 2. The molecular weight excluding hydrogens is 388 g/mol. The van der Waals surface area contributed by atoms with Gasteiger partial charge in [-0.3, -0.25) is 34.2 Å². The summed E-state index contributed by atoms with van der Waals surface area (Å²) >= 11 is 0. The van der Waals surface area contributed by atoms with Gasteiger partial charge in [-0.15, -0.1) is 0 Å². The van der Waals surface area contributed by atoms with E-state index in [9.17, 15) is 24.0 Å². The van der Waals surface area contributed by atoms with Crippen LogP contribution in [-0.2, 0) is 16.1 Å². The van der Waals surface area contributed by atoms with Crippen LogP contribution in [0, 0.1) is 0 Å². The average molecular weight is 406 g/mol. The molecule has 30 heavy (non-hydrogen) atoms. The van der Waals surface area contributed by atoms with E-state index < -0.39 is 35.6 Å². The number of hydrogen-bond acceptors (Lipinski definition) is 6. The third-order valence-electron chi connectivity index (χ3n) is 5.19. The number of fused-ring (bicyclic) bond motifs is 1. The van der Waals surface area contributed by atoms with Crippen molar-refractivity contribution in [2.45, 2.75) is 25.4 Å². The minimum atomic E-state index is -1.01. The second-order valence-electron chi connectivity index (χ2n) is 7.09. The average Bonchev–Trinajstić information content (AvgIpc) is 2.98. The van der Waals surface area contributed by atoms with Crippen LogP contribution in [0.1, 0.15) is 49.5 Å². The molecule has 0 saturated carbocycles. The Morgan fingerprint density at radius 2 is 1.80 bits per heavy atom. The fourth-order valence-corrected chi connectivity index (χ4v) is 3.65. The van der Waals surface area contributed by atoms with E-state index in [1.807, 2.05) is 0 Å². The first-order valence-electron chi connectivity index (χ1n) is 9.34. The standard InChI is InChI=1S/C21H18N4O5/c22-18(27)12-6-4-11(5-7-12)10-23-14-3-1-2-13-17(14)21(30)25(20(13)29)15-8-9-16(26)24-19(15)28/h1-7,15,23H,8-10H2,(H2,22,27)(H,24,26,28). The summed E-state index contributed by atoms with van der Waals surface area (Å²) in [6.45, 7) is 0.343. The lowest BCUT2D eigenvalue weighted by Crippen LogP contribution is -2.54. The normalized spacial score (nSPS) is 18.3. The number of piperidine rings is 1. The number of carbonyl (C=O) groups is 5. The van der Waals surface area contributed by atoms with E-state index in [1.54, 1.807) is 36.4 Å². The van der Waals surface area contributed by atoms with E-state index in [1.165, 1.54) is 6.07 Å². The minimum Gasteiger partial charge on any atom is -0.380 e. The Labute approximate surface area is 171 Å². The molecule has 152 valence electrons. The molecule has 0 aliphatic carbocycles. The maximum Gasteiger partial charge on any atom is 0.264 e. The summed E-state index contributed by atoms with van der Waals surface area (Å²) in [7, 11) is 0. The van der Waals surface area contributed by atoms with Gasteiger partial charge in [0, 0.05) is 24.2 Å². The molecule has 0 spiro atoms. The lowest BCUT2D eigenvalue weighted by atomic mass is 10.0. The van der Waals surface area contributed by atoms with Crippen LogP contribution in [0.4, 0.5) is 5.69 Å². The van der Waals surface area contributed by atoms with E-state index in [-0.39, 0.29) is 24.0 Å². The van der Waals surface area contributed by atoms with Gasteiger partial charge in [-0.05, 0) is 36.2 Å². The van der Waals surface area contributed by atoms with Crippen LogP contribution in [0.3, 0.4) is 0 Å². The first-order chi connectivity index (χ1) is 14.4. The molecule has 2 aromatic carbocycles. The molecule has 2 aliphatic heterocycles. The maximum atomic E-state index is 13.0. The Hall–Kier alpha value is -4.01. The second-order valence-corrected chi connectivity index (χ2v) is 7.09. The second kappa shape index (κ2) is 7.43. The molecule has 1 saturated heterocycles. The monoisotopic (exact) mass is 406 g/mol. The summed E-state index contributed by atoms with van der Waals surface area (Å²) in [5.74, 6) is -2.72. The van der Waals surface area contributed by atoms with Crippen LogP contribution in [-0.4, -0.2) is 40.5 Å². The largest absolute Gasteiger partial charge is 0.380 e. The number of amides is 5. The summed E-state index contributed by atoms with van der Waals surface area (Å²) in [5.41, 5.74) is 7.33. The van der Waals surface area contributed by atoms with Crippen molar-refractivity contribution in [1.29, 1.82) is 0 Å². The van der Waals surface area contributed by atoms with Crippen molar-refractivity contribution < 1.29 is 24.0 Å². The zero-order valence-corrected chi connectivity index (χ0v) is 15.8. The Kier molecular flexibility index (Phi) is 4.78. The first-order valence-corrected chi connectivity index (χ1v) is 9.34. The topological polar surface area (TPSA) is 139 Å². The molecule has 0 aromatic heterocycles. The van der Waals surface area contributed by atoms with Crippen LogP contribution in [0.5, 0.6) is 0 Å². The molecule has 2 aliphatic rings. The Balaban J connectivity index is 1.56. The Morgan fingerprint density at radius 1 is 1.07 bits per heavy atom. The number of hydrogen-bond donors (Lipinski definition) is 3. The molecule has 0 bridgehead atoms. The Morgan fingerprint density at radius 3 is 2.47 bits per heavy atom. The van der Waals surface area contributed by atoms with Gasteiger partial charge in [0.1, 0.15) is 6.04 Å². The number of benzene rings is 2. The highest BCUT2D eigenvalue weighted by atomic mass is 16.2. The molecule has 0 radical (unpaired) electrons. The number of imide groups is 2. The highest BCUT2D eigenvalue weighted by Gasteiger charge is 2.45. The predicted octanol–water partition coefficient (Wildman–Crippen LogP) is 0.799. The molecule has 4 rings (SSSR count). The lowest BCUT2D eigenvalue weighted by molar-refractivity contribution is -0.136. The van der Waals surface area contributed by atoms with Crippen LogP contribution in [0.25, 0.3) is 0 Å². The van der Waals surface area contributed by atoms with Gasteiger partial charge in [0.2, 0.25) is 17.7 Å². The van der Waals surface area contributed by atoms with Gasteiger partial charge in [0.05, 0.1) is 11.1 Å². The molecule has 1 unspecified atom stereocenters. The zero-order valence-electron chi connectivity index (χ0n) is 15.8. The van der Waals surface area contributed by atoms with Crippen LogP contribution in [0.15, 0.2) is 42.5 Å². The summed E-state index contributed by atoms with van der Waals surface area (Å²) in [5, 5.41) is 5.31. The van der Waals surface area contributed by atoms with Crippen molar-refractivity contribution in [1.82, 2.24) is 10.2 Å². The van der Waals surface area contributed by atoms with Gasteiger partial charge in [0.15, 0.2) is 0 Å². The van der Waals surface area contributed by atoms with Gasteiger partial charge in [0.25, 0.3) is 11.8 Å². The van der Waals surface area contributed by atoms with E-state index in [0.717, 1.165) is 10.5 Å². The molecule has 9 nitrogen and oxygen atoms in total. The number of carbonyl (C=O) groups excluding carboxylic acids is 5. The van der Waals surface area contributed by atoms with Crippen molar-refractivity contribution in [3.05, 3.63) is 64.7 Å². The Bertz CT molecular complexity index is 1090. The molecule has 5 amide bonds. The molecular formula is C21H18N4O5. The maximum absolute atomic E-state index is 13.0. The van der Waals surface area contributed by atoms with Crippen molar-refractivity contribution in [3.63, 3.8) is 0 Å². The third kappa shape index (κ3) is 3.30. The molecule has 4 N–H and O–H groups in total. The van der Waals surface area contributed by atoms with Crippen LogP contribution < -0.4 is 16.4 Å². The third-order valence-corrected chi connectivity index (χ3v) is 5.19. The van der Waals surface area contributed by atoms with Gasteiger partial charge in [-0.25, -0.2) is 0 Å². The highest BCUT2D eigenvalue weighted by Crippen LogP contribution is 2.32. The summed E-state index contributed by atoms with van der Waals surface area (Å²) in [6.07, 6.45) is 0.168. The highest BCUT2D eigenvalue weighted by molar-refractivity contribution is 6.25. The SMILES string of the molecule is NC(=O)c1ccc(CNc2cccc3c2C(=O)N(C2CCC(=O)NC2=O)C3=O)cc1. The number of nitrogens with zero attached hydrogens (tertiary/aromatic N) is 1. The van der Waals surface area contributed by atoms with E-state index in [4.69, 9.17) is 5.73 Å². The van der Waals surface area contributed by atoms with E-state index in [0.29, 0.717) is 17.8 Å². The number of primary amides is 1. The molecule has 2 heterocycles. The van der Waals surface area contributed by atoms with Crippen LogP contribution in [0.2, 0.25) is 0 Å². The number of nitrogens with two attached hydrogens (primary N) is 1. The summed E-state index contributed by atoms with van der Waals surface area (Å²) in [6, 6.07) is 10.5. The fraction of sp³-hybridized carbons (Fsp3) is 0.190. The fourth-order valence-electron chi connectivity index (χ4n) is 3.65. The number of anilines is 1. The van der Waals surface area contributed by atoms with Gasteiger partial charge >= 0.3 is 0 Å². The van der Waals surface area contributed by atoms with E-state index in [2.05, 4.69) is 10.6 Å². The van der Waals surface area contributed by atoms with Crippen molar-refractivity contribution in [2.75, 3.05) is 5.32 Å². The molecule has 9 heteroatoms. The number of rotatable bonds is 5. The van der Waals surface area contributed by atoms with Gasteiger partial charge in [-0.2, -0.15) is 0 Å². The van der Waals surface area contributed by atoms with Gasteiger partial charge < -0.3 is 11.1 Å². The lowest BCUT2D eigenvalue weighted by Gasteiger charge is -2.27. The summed E-state index contributed by atoms with van der Waals surface area (Å²) < 4.78 is 0. The molecule has 1 atom stereocenters. The molecule has 1 fully saturated rings.